The third-order valence-electron chi connectivity index (χ3n) is 7.38. The van der Waals surface area contributed by atoms with Crippen LogP contribution in [0.4, 0.5) is 5.82 Å². The minimum Gasteiger partial charge on any atom is -0.456 e. The third kappa shape index (κ3) is 4.72. The average Bonchev–Trinajstić information content (AvgIpc) is 3.17. The van der Waals surface area contributed by atoms with E-state index in [2.05, 4.69) is 10.5 Å². The number of nitrogens with one attached hydrogen (secondary N) is 1. The molecule has 182 valence electrons. The lowest BCUT2D eigenvalue weighted by Gasteiger charge is -2.51. The molecule has 1 atom stereocenters. The second kappa shape index (κ2) is 9.28. The maximum Gasteiger partial charge on any atom is 0.303 e. The van der Waals surface area contributed by atoms with Crippen LogP contribution < -0.4 is 5.32 Å². The molecule has 1 aliphatic carbocycles. The van der Waals surface area contributed by atoms with Gasteiger partial charge in [-0.3, -0.25) is 9.59 Å². The Morgan fingerprint density at radius 1 is 1.09 bits per heavy atom. The van der Waals surface area contributed by atoms with Crippen molar-refractivity contribution >= 4 is 17.7 Å². The van der Waals surface area contributed by atoms with Crippen molar-refractivity contribution in [1.29, 1.82) is 0 Å². The van der Waals surface area contributed by atoms with Crippen molar-refractivity contribution in [2.75, 3.05) is 31.5 Å². The van der Waals surface area contributed by atoms with E-state index < -0.39 is 5.60 Å². The molecule has 3 fully saturated rings. The Bertz CT molecular complexity index is 1160. The minimum atomic E-state index is -0.801. The van der Waals surface area contributed by atoms with Crippen molar-refractivity contribution in [2.24, 2.45) is 5.92 Å². The van der Waals surface area contributed by atoms with E-state index in [0.717, 1.165) is 49.2 Å². The van der Waals surface area contributed by atoms with Gasteiger partial charge in [0.2, 0.25) is 0 Å². The summed E-state index contributed by atoms with van der Waals surface area (Å²) in [6.45, 7) is 4.50. The van der Waals surface area contributed by atoms with Gasteiger partial charge in [0.15, 0.2) is 18.5 Å². The number of amides is 1. The Labute approximate surface area is 204 Å². The number of aromatic nitrogens is 1. The number of anilines is 1. The van der Waals surface area contributed by atoms with Gasteiger partial charge in [0.05, 0.1) is 13.1 Å². The van der Waals surface area contributed by atoms with Crippen molar-refractivity contribution in [1.82, 2.24) is 5.16 Å². The zero-order chi connectivity index (χ0) is 24.5. The number of hydrogen-bond donors (Lipinski definition) is 2. The maximum absolute atomic E-state index is 12.2. The molecule has 8 nitrogen and oxygen atoms in total. The molecule has 0 saturated carbocycles. The van der Waals surface area contributed by atoms with Crippen molar-refractivity contribution in [2.45, 2.75) is 31.5 Å². The third-order valence-corrected chi connectivity index (χ3v) is 7.38. The number of aliphatic hydroxyl groups is 1. The number of piperidine rings is 3. The number of hydrogen-bond acceptors (Lipinski definition) is 6. The standard InChI is InChI=1S/C14H19N3O4.C13H10O/c1-10(18)21-12-8-17(5-2-11(12)3-6-17)9-14(19)15-13-4-7-20-16-13;14-13(10-6-2-1-3-7-10)11-8-4-5-9-12(11)13/h4,7,11-12H,2-3,5-6,8-9H2,1H3;1-9,14H/p+1. The van der Waals surface area contributed by atoms with Gasteiger partial charge >= 0.3 is 5.97 Å². The zero-order valence-electron chi connectivity index (χ0n) is 19.7. The monoisotopic (exact) mass is 476 g/mol. The van der Waals surface area contributed by atoms with Crippen LogP contribution in [-0.2, 0) is 19.9 Å². The van der Waals surface area contributed by atoms with Crippen LogP contribution in [0.25, 0.3) is 0 Å². The van der Waals surface area contributed by atoms with Gasteiger partial charge in [-0.25, -0.2) is 0 Å². The quantitative estimate of drug-likeness (QED) is 0.434. The highest BCUT2D eigenvalue weighted by molar-refractivity contribution is 5.90. The van der Waals surface area contributed by atoms with Crippen LogP contribution in [0.1, 0.15) is 36.5 Å². The maximum atomic E-state index is 12.2. The van der Waals surface area contributed by atoms with Crippen molar-refractivity contribution < 1.29 is 28.4 Å². The van der Waals surface area contributed by atoms with E-state index in [4.69, 9.17) is 9.26 Å². The summed E-state index contributed by atoms with van der Waals surface area (Å²) < 4.78 is 10.8. The number of benzene rings is 2. The Hall–Kier alpha value is -3.49. The second-order valence-electron chi connectivity index (χ2n) is 9.67. The molecule has 7 rings (SSSR count). The summed E-state index contributed by atoms with van der Waals surface area (Å²) >= 11 is 0. The molecule has 3 aliphatic heterocycles. The summed E-state index contributed by atoms with van der Waals surface area (Å²) in [5.74, 6) is 0.568. The van der Waals surface area contributed by atoms with Crippen LogP contribution in [0.3, 0.4) is 0 Å². The molecule has 2 bridgehead atoms. The molecule has 4 heterocycles. The summed E-state index contributed by atoms with van der Waals surface area (Å²) in [5, 5.41) is 16.8. The summed E-state index contributed by atoms with van der Waals surface area (Å²) in [6.07, 6.45) is 3.39. The Morgan fingerprint density at radius 3 is 2.34 bits per heavy atom. The number of quaternary nitrogens is 1. The van der Waals surface area contributed by atoms with Crippen molar-refractivity contribution in [3.8, 4) is 0 Å². The van der Waals surface area contributed by atoms with E-state index in [1.165, 1.54) is 13.2 Å². The van der Waals surface area contributed by atoms with Crippen LogP contribution in [0.2, 0.25) is 0 Å². The smallest absolute Gasteiger partial charge is 0.303 e. The van der Waals surface area contributed by atoms with Gasteiger partial charge in [0.1, 0.15) is 18.4 Å². The molecule has 0 spiro atoms. The molecular weight excluding hydrogens is 446 g/mol. The fourth-order valence-corrected chi connectivity index (χ4v) is 5.58. The number of carbonyl (C=O) groups excluding carboxylic acids is 2. The van der Waals surface area contributed by atoms with Crippen molar-refractivity contribution in [3.63, 3.8) is 0 Å². The highest BCUT2D eigenvalue weighted by atomic mass is 16.5. The van der Waals surface area contributed by atoms with Gasteiger partial charge in [-0.15, -0.1) is 0 Å². The first kappa shape index (κ1) is 23.3. The number of carbonyl (C=O) groups is 2. The molecule has 0 radical (unpaired) electrons. The summed E-state index contributed by atoms with van der Waals surface area (Å²) in [5.41, 5.74) is 2.23. The lowest BCUT2D eigenvalue weighted by Crippen LogP contribution is -2.66. The zero-order valence-corrected chi connectivity index (χ0v) is 19.7. The SMILES string of the molecule is CC(=O)OC1C[N+]2(CC(=O)Nc3ccon3)CCC1CC2.OC1(c2ccccc2)c2ccccc21. The molecule has 1 amide bonds. The van der Waals surface area contributed by atoms with E-state index in [1.807, 2.05) is 54.6 Å². The highest BCUT2D eigenvalue weighted by Gasteiger charge is 2.50. The summed E-state index contributed by atoms with van der Waals surface area (Å²) in [6, 6.07) is 19.3. The Kier molecular flexibility index (Phi) is 6.17. The van der Waals surface area contributed by atoms with Gasteiger partial charge in [-0.2, -0.15) is 0 Å². The molecule has 3 aromatic rings. The number of rotatable bonds is 5. The van der Waals surface area contributed by atoms with Gasteiger partial charge in [0.25, 0.3) is 5.91 Å². The molecule has 8 heteroatoms. The largest absolute Gasteiger partial charge is 0.456 e. The van der Waals surface area contributed by atoms with E-state index in [9.17, 15) is 14.7 Å². The Morgan fingerprint density at radius 2 is 1.74 bits per heavy atom. The fraction of sp³-hybridized carbons (Fsp3) is 0.370. The van der Waals surface area contributed by atoms with Gasteiger partial charge in [0, 0.05) is 31.7 Å². The fourth-order valence-electron chi connectivity index (χ4n) is 5.58. The minimum absolute atomic E-state index is 0.0511. The van der Waals surface area contributed by atoms with Crippen LogP contribution >= 0.6 is 0 Å². The highest BCUT2D eigenvalue weighted by Crippen LogP contribution is 2.51. The van der Waals surface area contributed by atoms with Gasteiger partial charge < -0.3 is 24.2 Å². The van der Waals surface area contributed by atoms with Crippen LogP contribution in [0.5, 0.6) is 0 Å². The predicted molar refractivity (Wildman–Crippen MR) is 128 cm³/mol. The van der Waals surface area contributed by atoms with E-state index in [0.29, 0.717) is 22.8 Å². The lowest BCUT2D eigenvalue weighted by atomic mass is 9.83. The predicted octanol–water partition coefficient (Wildman–Crippen LogP) is 3.07. The number of ether oxygens (including phenoxy) is 1. The summed E-state index contributed by atoms with van der Waals surface area (Å²) in [4.78, 5) is 23.4. The molecule has 35 heavy (non-hydrogen) atoms. The first-order valence-corrected chi connectivity index (χ1v) is 12.0. The van der Waals surface area contributed by atoms with E-state index in [-0.39, 0.29) is 18.0 Å². The van der Waals surface area contributed by atoms with E-state index >= 15 is 0 Å². The number of fused-ring (bicyclic) bond motifs is 4. The molecule has 1 unspecified atom stereocenters. The van der Waals surface area contributed by atoms with Crippen LogP contribution in [0, 0.1) is 5.92 Å². The molecule has 2 N–H and O–H groups in total. The number of nitrogens with zero attached hydrogens (tertiary/aromatic N) is 2. The number of esters is 1. The van der Waals surface area contributed by atoms with Gasteiger partial charge in [-0.1, -0.05) is 59.8 Å². The second-order valence-corrected chi connectivity index (χ2v) is 9.67. The average molecular weight is 477 g/mol. The molecule has 4 aliphatic rings. The van der Waals surface area contributed by atoms with Crippen molar-refractivity contribution in [3.05, 3.63) is 83.6 Å². The first-order chi connectivity index (χ1) is 16.9. The Balaban J connectivity index is 0.000000156. The molecule has 2 aromatic carbocycles. The summed E-state index contributed by atoms with van der Waals surface area (Å²) in [7, 11) is 0. The molecule has 3 saturated heterocycles. The van der Waals surface area contributed by atoms with Gasteiger partial charge in [-0.05, 0) is 16.7 Å². The molecule has 1 aromatic heterocycles. The molecular formula is C27H30N3O5+. The first-order valence-electron chi connectivity index (χ1n) is 12.0. The normalized spacial score (nSPS) is 25.0. The van der Waals surface area contributed by atoms with Crippen LogP contribution in [-0.4, -0.2) is 58.9 Å². The van der Waals surface area contributed by atoms with Crippen LogP contribution in [0.15, 0.2) is 71.4 Å². The van der Waals surface area contributed by atoms with E-state index in [1.54, 1.807) is 6.07 Å². The lowest BCUT2D eigenvalue weighted by molar-refractivity contribution is -0.938. The topological polar surface area (TPSA) is 102 Å².